The fourth-order valence-corrected chi connectivity index (χ4v) is 13.9. The maximum atomic E-state index is 12.0. The van der Waals surface area contributed by atoms with E-state index in [1.165, 1.54) is 6.92 Å². The molecular formula is C46H76O19. The van der Waals surface area contributed by atoms with Crippen LogP contribution in [0.3, 0.4) is 0 Å². The third-order valence-electron chi connectivity index (χ3n) is 17.8. The van der Waals surface area contributed by atoms with Gasteiger partial charge in [0.05, 0.1) is 44.2 Å². The van der Waals surface area contributed by atoms with Crippen LogP contribution in [-0.4, -0.2) is 199 Å². The average Bonchev–Trinajstić information content (AvgIpc) is 3.75. The van der Waals surface area contributed by atoms with Gasteiger partial charge in [0, 0.05) is 31.3 Å². The Bertz CT molecular complexity index is 1660. The van der Waals surface area contributed by atoms with Crippen LogP contribution in [0.15, 0.2) is 11.6 Å². The number of hydrogen-bond acceptors (Lipinski definition) is 19. The number of aliphatic hydroxyl groups is 11. The minimum atomic E-state index is -1.67. The maximum Gasteiger partial charge on any atom is 0.187 e. The highest BCUT2D eigenvalue weighted by Gasteiger charge is 2.69. The van der Waals surface area contributed by atoms with Crippen molar-refractivity contribution in [1.29, 1.82) is 0 Å². The van der Waals surface area contributed by atoms with E-state index < -0.39 is 129 Å². The lowest BCUT2D eigenvalue weighted by atomic mass is 9.46. The van der Waals surface area contributed by atoms with E-state index in [1.807, 2.05) is 6.92 Å². The zero-order valence-corrected chi connectivity index (χ0v) is 38.4. The Labute approximate surface area is 380 Å². The summed E-state index contributed by atoms with van der Waals surface area (Å²) < 4.78 is 48.6. The molecule has 4 aliphatic carbocycles. The van der Waals surface area contributed by atoms with Crippen LogP contribution in [0, 0.1) is 46.3 Å². The van der Waals surface area contributed by atoms with Gasteiger partial charge in [-0.3, -0.25) is 0 Å². The molecule has 374 valence electrons. The molecule has 27 atom stereocenters. The summed E-state index contributed by atoms with van der Waals surface area (Å²) in [7, 11) is 1.70. The quantitative estimate of drug-likeness (QED) is 0.0967. The van der Waals surface area contributed by atoms with Crippen molar-refractivity contribution in [2.75, 3.05) is 26.9 Å². The number of aliphatic hydroxyl groups excluding tert-OH is 11. The van der Waals surface area contributed by atoms with E-state index in [9.17, 15) is 56.2 Å². The van der Waals surface area contributed by atoms with Gasteiger partial charge in [0.2, 0.25) is 0 Å². The Morgan fingerprint density at radius 1 is 0.754 bits per heavy atom. The van der Waals surface area contributed by atoms with Crippen molar-refractivity contribution in [1.82, 2.24) is 0 Å². The largest absolute Gasteiger partial charge is 0.394 e. The molecule has 8 aliphatic rings. The van der Waals surface area contributed by atoms with Gasteiger partial charge < -0.3 is 94.1 Å². The Morgan fingerprint density at radius 3 is 2.05 bits per heavy atom. The average molecular weight is 933 g/mol. The van der Waals surface area contributed by atoms with Gasteiger partial charge in [0.25, 0.3) is 0 Å². The standard InChI is InChI=1S/C46H76O19/c1-19(18-59-43-40(37(55)34(52)29(17-48)63-43)64-41-38(56)35(53)32(50)21(3)60-41)9-12-46(58-6)20(2)31-27(65-46)15-26-24-8-7-22-13-23(61-42-39(57)36(54)33(51)28(16-47)62-42)14-30(49)45(22,5)25(24)10-11-44(26,31)4/h7,19-21,23-43,47-57H,8-18H2,1-6H3. The second kappa shape index (κ2) is 19.3. The number of rotatable bonds is 13. The third kappa shape index (κ3) is 8.60. The minimum absolute atomic E-state index is 0.0207. The molecule has 0 bridgehead atoms. The minimum Gasteiger partial charge on any atom is -0.394 e. The second-order valence-corrected chi connectivity index (χ2v) is 21.3. The first-order valence-corrected chi connectivity index (χ1v) is 23.9. The molecule has 27 unspecified atom stereocenters. The highest BCUT2D eigenvalue weighted by atomic mass is 16.8. The van der Waals surface area contributed by atoms with E-state index in [0.717, 1.165) is 31.3 Å². The number of allylic oxidation sites excluding steroid dienone is 1. The van der Waals surface area contributed by atoms with Crippen LogP contribution < -0.4 is 0 Å². The van der Waals surface area contributed by atoms with Crippen molar-refractivity contribution < 1.29 is 94.1 Å². The molecular weight excluding hydrogens is 856 g/mol. The monoisotopic (exact) mass is 932 g/mol. The van der Waals surface area contributed by atoms with E-state index in [1.54, 1.807) is 7.11 Å². The molecule has 0 amide bonds. The first kappa shape index (κ1) is 50.4. The maximum absolute atomic E-state index is 12.0. The van der Waals surface area contributed by atoms with E-state index in [4.69, 9.17) is 37.9 Å². The molecule has 4 heterocycles. The van der Waals surface area contributed by atoms with Crippen molar-refractivity contribution >= 4 is 0 Å². The van der Waals surface area contributed by atoms with Crippen molar-refractivity contribution in [3.05, 3.63) is 11.6 Å². The number of fused-ring (bicyclic) bond motifs is 7. The lowest BCUT2D eigenvalue weighted by Crippen LogP contribution is -2.64. The molecule has 4 aliphatic heterocycles. The molecule has 0 aromatic carbocycles. The number of hydrogen-bond donors (Lipinski definition) is 11. The van der Waals surface area contributed by atoms with Crippen LogP contribution in [0.4, 0.5) is 0 Å². The number of ether oxygens (including phenoxy) is 8. The van der Waals surface area contributed by atoms with Gasteiger partial charge in [0.1, 0.15) is 67.1 Å². The second-order valence-electron chi connectivity index (χ2n) is 21.3. The Kier molecular flexibility index (Phi) is 15.0. The summed E-state index contributed by atoms with van der Waals surface area (Å²) in [4.78, 5) is 0. The highest BCUT2D eigenvalue weighted by Crippen LogP contribution is 2.70. The van der Waals surface area contributed by atoms with Crippen LogP contribution in [0.2, 0.25) is 0 Å². The summed E-state index contributed by atoms with van der Waals surface area (Å²) in [6, 6.07) is 0. The summed E-state index contributed by atoms with van der Waals surface area (Å²) in [6.07, 6.45) is -14.2. The van der Waals surface area contributed by atoms with Gasteiger partial charge in [0.15, 0.2) is 24.7 Å². The van der Waals surface area contributed by atoms with Crippen molar-refractivity contribution in [3.63, 3.8) is 0 Å². The summed E-state index contributed by atoms with van der Waals surface area (Å²) in [6.45, 7) is 9.29. The van der Waals surface area contributed by atoms with Gasteiger partial charge in [-0.05, 0) is 80.5 Å². The summed E-state index contributed by atoms with van der Waals surface area (Å²) in [5.74, 6) is 0.309. The molecule has 0 aromatic rings. The molecule has 65 heavy (non-hydrogen) atoms. The van der Waals surface area contributed by atoms with Crippen molar-refractivity contribution in [2.45, 2.75) is 202 Å². The molecule has 11 N–H and O–H groups in total. The van der Waals surface area contributed by atoms with Gasteiger partial charge in [-0.15, -0.1) is 0 Å². The van der Waals surface area contributed by atoms with Crippen LogP contribution in [-0.2, 0) is 37.9 Å². The first-order chi connectivity index (χ1) is 30.7. The zero-order valence-electron chi connectivity index (χ0n) is 38.4. The van der Waals surface area contributed by atoms with E-state index in [-0.39, 0.29) is 41.8 Å². The molecule has 19 nitrogen and oxygen atoms in total. The van der Waals surface area contributed by atoms with E-state index in [2.05, 4.69) is 26.8 Å². The third-order valence-corrected chi connectivity index (χ3v) is 17.8. The van der Waals surface area contributed by atoms with Crippen LogP contribution in [0.1, 0.15) is 86.0 Å². The number of methoxy groups -OCH3 is 1. The SMILES string of the molecule is COC1(CCC(C)COC2OC(CO)C(O)C(O)C2OC2OC(C)C(O)C(O)C2O)OC2CC3C4CC=C5CC(OC6OC(CO)C(O)C(O)C6O)CC(O)C5(C)C4CCC3(C)C2C1C. The molecule has 0 spiro atoms. The summed E-state index contributed by atoms with van der Waals surface area (Å²) in [5.41, 5.74) is 0.626. The lowest BCUT2D eigenvalue weighted by Gasteiger charge is -2.60. The Morgan fingerprint density at radius 2 is 1.38 bits per heavy atom. The topological polar surface area (TPSA) is 296 Å². The highest BCUT2D eigenvalue weighted by molar-refractivity contribution is 5.28. The molecule has 8 rings (SSSR count). The summed E-state index contributed by atoms with van der Waals surface area (Å²) >= 11 is 0. The van der Waals surface area contributed by atoms with Crippen LogP contribution >= 0.6 is 0 Å². The van der Waals surface area contributed by atoms with Gasteiger partial charge >= 0.3 is 0 Å². The normalized spacial score (nSPS) is 54.8. The first-order valence-electron chi connectivity index (χ1n) is 23.9. The fourth-order valence-electron chi connectivity index (χ4n) is 13.9. The molecule has 3 saturated carbocycles. The Hall–Kier alpha value is -1.02. The van der Waals surface area contributed by atoms with Crippen LogP contribution in [0.5, 0.6) is 0 Å². The fraction of sp³-hybridized carbons (Fsp3) is 0.957. The molecule has 19 heteroatoms. The summed E-state index contributed by atoms with van der Waals surface area (Å²) in [5, 5.41) is 116. The van der Waals surface area contributed by atoms with Gasteiger partial charge in [-0.1, -0.05) is 39.3 Å². The predicted molar refractivity (Wildman–Crippen MR) is 224 cm³/mol. The van der Waals surface area contributed by atoms with Gasteiger partial charge in [-0.2, -0.15) is 0 Å². The van der Waals surface area contributed by atoms with Crippen molar-refractivity contribution in [2.24, 2.45) is 46.3 Å². The molecule has 0 aromatic heterocycles. The van der Waals surface area contributed by atoms with E-state index in [0.29, 0.717) is 37.5 Å². The zero-order chi connectivity index (χ0) is 47.1. The lowest BCUT2D eigenvalue weighted by molar-refractivity contribution is -0.365. The molecule has 7 fully saturated rings. The molecule has 4 saturated heterocycles. The smallest absolute Gasteiger partial charge is 0.187 e. The Balaban J connectivity index is 0.889. The van der Waals surface area contributed by atoms with Crippen LogP contribution in [0.25, 0.3) is 0 Å². The molecule has 0 radical (unpaired) electrons. The van der Waals surface area contributed by atoms with E-state index >= 15 is 0 Å². The van der Waals surface area contributed by atoms with Crippen molar-refractivity contribution in [3.8, 4) is 0 Å². The van der Waals surface area contributed by atoms with Gasteiger partial charge in [-0.25, -0.2) is 0 Å². The predicted octanol–water partition coefficient (Wildman–Crippen LogP) is -1.21.